The Morgan fingerprint density at radius 2 is 1.64 bits per heavy atom. The monoisotopic (exact) mass is 640 g/mol. The summed E-state index contributed by atoms with van der Waals surface area (Å²) in [4.78, 5) is 43.4. The number of anilines is 2. The molecule has 1 amide bonds. The number of aliphatic hydroxyl groups excluding tert-OH is 2. The molecule has 0 unspecified atom stereocenters. The number of ketones is 2. The topological polar surface area (TPSA) is 211 Å². The van der Waals surface area contributed by atoms with E-state index in [0.29, 0.717) is 11.3 Å². The molecule has 0 saturated heterocycles. The van der Waals surface area contributed by atoms with Gasteiger partial charge in [0, 0.05) is 36.2 Å². The summed E-state index contributed by atoms with van der Waals surface area (Å²) in [5, 5.41) is 46.7. The van der Waals surface area contributed by atoms with Crippen LogP contribution in [0.5, 0.6) is 5.75 Å². The number of likely N-dealkylation sites (N-methyl/N-ethyl adjacent to an activating group) is 1. The van der Waals surface area contributed by atoms with Gasteiger partial charge in [0.1, 0.15) is 17.1 Å². The molecule has 1 fully saturated rings. The smallest absolute Gasteiger partial charge is 0.262 e. The highest BCUT2D eigenvalue weighted by atomic mass is 32.2. The highest BCUT2D eigenvalue weighted by molar-refractivity contribution is 7.92. The van der Waals surface area contributed by atoms with E-state index in [9.17, 15) is 43.2 Å². The molecule has 240 valence electrons. The van der Waals surface area contributed by atoms with Crippen molar-refractivity contribution in [2.75, 3.05) is 37.8 Å². The standard InChI is InChI=1S/C31H36N4O9S/c1-29-13-16-18(34(3)4)12-17(33-45(43,44)15-10-8-7-9-11-15)22(36)19(16)23(37)21(29)27(40)31(42)26(39)20(28(32)41)24(38)25(35(5)6)30(31,2)14-29/h7-12,25,33,36-37,39,42H,13-14H2,1-6H3,(H2,32,41)/t25-,29+,30+,31-/m1/s1. The molecule has 0 aliphatic heterocycles. The number of hydrogen-bond acceptors (Lipinski definition) is 11. The van der Waals surface area contributed by atoms with Gasteiger partial charge in [0.15, 0.2) is 17.1 Å². The summed E-state index contributed by atoms with van der Waals surface area (Å²) < 4.78 is 28.7. The Balaban J connectivity index is 1.79. The quantitative estimate of drug-likeness (QED) is 0.197. The third-order valence-corrected chi connectivity index (χ3v) is 10.8. The molecule has 4 atom stereocenters. The fraction of sp³-hybridized carbons (Fsp3) is 0.387. The molecule has 7 N–H and O–H groups in total. The van der Waals surface area contributed by atoms with Gasteiger partial charge in [-0.1, -0.05) is 32.0 Å². The van der Waals surface area contributed by atoms with Crippen molar-refractivity contribution in [3.63, 3.8) is 0 Å². The molecular formula is C31H36N4O9S. The fourth-order valence-corrected chi connectivity index (χ4v) is 8.73. The van der Waals surface area contributed by atoms with Gasteiger partial charge in [-0.3, -0.25) is 24.0 Å². The Bertz CT molecular complexity index is 1850. The number of nitrogens with two attached hydrogens (primary N) is 1. The largest absolute Gasteiger partial charge is 0.508 e. The second kappa shape index (κ2) is 10.1. The van der Waals surface area contributed by atoms with Gasteiger partial charge >= 0.3 is 0 Å². The van der Waals surface area contributed by atoms with Crippen LogP contribution in [0.1, 0.15) is 31.4 Å². The number of phenolic OH excluding ortho intramolecular Hbond substituents is 1. The first-order valence-electron chi connectivity index (χ1n) is 14.0. The Labute approximate surface area is 260 Å². The molecule has 0 bridgehead atoms. The van der Waals surface area contributed by atoms with Crippen LogP contribution in [0, 0.1) is 10.8 Å². The molecule has 0 heterocycles. The highest BCUT2D eigenvalue weighted by Gasteiger charge is 2.72. The summed E-state index contributed by atoms with van der Waals surface area (Å²) in [5.74, 6) is -6.00. The summed E-state index contributed by atoms with van der Waals surface area (Å²) in [7, 11) is 2.23. The minimum Gasteiger partial charge on any atom is -0.508 e. The molecule has 2 aromatic carbocycles. The predicted octanol–water partition coefficient (Wildman–Crippen LogP) is 1.61. The van der Waals surface area contributed by atoms with E-state index < -0.39 is 72.8 Å². The van der Waals surface area contributed by atoms with E-state index in [4.69, 9.17) is 5.73 Å². The number of nitrogens with one attached hydrogen (secondary N) is 1. The van der Waals surface area contributed by atoms with Gasteiger partial charge in [0.05, 0.1) is 22.2 Å². The zero-order valence-electron chi connectivity index (χ0n) is 25.7. The number of sulfonamides is 1. The number of hydrogen-bond donors (Lipinski definition) is 6. The number of nitrogens with zero attached hydrogens (tertiary/aromatic N) is 2. The second-order valence-corrected chi connectivity index (χ2v) is 14.6. The zero-order valence-corrected chi connectivity index (χ0v) is 26.5. The van der Waals surface area contributed by atoms with Gasteiger partial charge in [-0.15, -0.1) is 0 Å². The normalized spacial score (nSPS) is 28.0. The van der Waals surface area contributed by atoms with Gasteiger partial charge in [-0.25, -0.2) is 8.42 Å². The Hall–Kier alpha value is -4.40. The summed E-state index contributed by atoms with van der Waals surface area (Å²) >= 11 is 0. The number of fused-ring (bicyclic) bond motifs is 3. The maximum absolute atomic E-state index is 14.5. The number of rotatable bonds is 6. The van der Waals surface area contributed by atoms with E-state index in [-0.39, 0.29) is 34.6 Å². The van der Waals surface area contributed by atoms with E-state index >= 15 is 0 Å². The van der Waals surface area contributed by atoms with Crippen LogP contribution in [0.4, 0.5) is 11.4 Å². The Kier molecular flexibility index (Phi) is 7.15. The third kappa shape index (κ3) is 4.26. The van der Waals surface area contributed by atoms with E-state index in [1.165, 1.54) is 56.3 Å². The third-order valence-electron chi connectivity index (χ3n) is 9.39. The van der Waals surface area contributed by atoms with Gasteiger partial charge in [0.25, 0.3) is 15.9 Å². The van der Waals surface area contributed by atoms with Gasteiger partial charge in [-0.2, -0.15) is 0 Å². The van der Waals surface area contributed by atoms with Gasteiger partial charge in [-0.05, 0) is 50.7 Å². The van der Waals surface area contributed by atoms with Crippen LogP contribution >= 0.6 is 0 Å². The number of primary amides is 1. The van der Waals surface area contributed by atoms with Crippen molar-refractivity contribution in [2.24, 2.45) is 16.6 Å². The molecular weight excluding hydrogens is 604 g/mol. The van der Waals surface area contributed by atoms with Crippen LogP contribution in [0.25, 0.3) is 5.76 Å². The minimum absolute atomic E-state index is 0.00736. The number of carbonyl (C=O) groups excluding carboxylic acids is 3. The summed E-state index contributed by atoms with van der Waals surface area (Å²) in [6.07, 6.45) is -0.130. The maximum atomic E-state index is 14.5. The summed E-state index contributed by atoms with van der Waals surface area (Å²) in [6.45, 7) is 3.12. The summed E-state index contributed by atoms with van der Waals surface area (Å²) in [6, 6.07) is 7.58. The maximum Gasteiger partial charge on any atom is 0.262 e. The SMILES string of the molecule is CN(C)c1cc(NS(=O)(=O)c2ccccc2)c(O)c2c1C[C@@]1(C)C[C@@]3(C)[C@H](N(C)C)C(=O)C(C(N)=O)=C(O)[C@@]3(O)C(=O)C1=C2O. The molecule has 14 heteroatoms. The van der Waals surface area contributed by atoms with Gasteiger partial charge < -0.3 is 31.1 Å². The van der Waals surface area contributed by atoms with Crippen molar-refractivity contribution in [1.82, 2.24) is 4.90 Å². The first-order chi connectivity index (χ1) is 20.7. The number of Topliss-reactive ketones (excluding diaryl/α,β-unsaturated/α-hetero) is 2. The average molecular weight is 641 g/mol. The van der Waals surface area contributed by atoms with Crippen LogP contribution < -0.4 is 15.4 Å². The van der Waals surface area contributed by atoms with Crippen molar-refractivity contribution in [2.45, 2.75) is 43.2 Å². The van der Waals surface area contributed by atoms with E-state index in [0.717, 1.165) is 0 Å². The number of aromatic hydroxyl groups is 1. The molecule has 3 aliphatic carbocycles. The number of amides is 1. The van der Waals surface area contributed by atoms with E-state index in [1.807, 2.05) is 0 Å². The van der Waals surface area contributed by atoms with Gasteiger partial charge in [0.2, 0.25) is 5.78 Å². The van der Waals surface area contributed by atoms with Crippen molar-refractivity contribution in [3.05, 3.63) is 64.4 Å². The average Bonchev–Trinajstić information content (AvgIpc) is 2.92. The van der Waals surface area contributed by atoms with Crippen LogP contribution in [-0.2, 0) is 30.8 Å². The molecule has 0 aromatic heterocycles. The molecule has 0 radical (unpaired) electrons. The fourth-order valence-electron chi connectivity index (χ4n) is 7.65. The van der Waals surface area contributed by atoms with Crippen LogP contribution in [0.2, 0.25) is 0 Å². The van der Waals surface area contributed by atoms with Crippen LogP contribution in [0.15, 0.2) is 58.2 Å². The summed E-state index contributed by atoms with van der Waals surface area (Å²) in [5.41, 5.74) is -1.42. The lowest BCUT2D eigenvalue weighted by atomic mass is 9.46. The van der Waals surface area contributed by atoms with Crippen LogP contribution in [0.3, 0.4) is 0 Å². The van der Waals surface area contributed by atoms with E-state index in [1.54, 1.807) is 32.0 Å². The molecule has 2 aromatic rings. The number of carbonyl (C=O) groups is 3. The molecule has 13 nitrogen and oxygen atoms in total. The first-order valence-corrected chi connectivity index (χ1v) is 15.5. The Morgan fingerprint density at radius 1 is 1.04 bits per heavy atom. The second-order valence-electron chi connectivity index (χ2n) is 12.9. The number of phenols is 1. The zero-order chi connectivity index (χ0) is 33.6. The molecule has 0 spiro atoms. The minimum atomic E-state index is -4.20. The lowest BCUT2D eigenvalue weighted by molar-refractivity contribution is -0.175. The molecule has 3 aliphatic rings. The molecule has 1 saturated carbocycles. The first kappa shape index (κ1) is 32.0. The molecule has 45 heavy (non-hydrogen) atoms. The Morgan fingerprint density at radius 3 is 2.18 bits per heavy atom. The van der Waals surface area contributed by atoms with Crippen LogP contribution in [-0.4, -0.2) is 91.1 Å². The predicted molar refractivity (Wildman–Crippen MR) is 165 cm³/mol. The van der Waals surface area contributed by atoms with Crippen molar-refractivity contribution in [1.29, 1.82) is 0 Å². The molecule has 5 rings (SSSR count). The number of benzene rings is 2. The lowest BCUT2D eigenvalue weighted by Crippen LogP contribution is -2.72. The highest BCUT2D eigenvalue weighted by Crippen LogP contribution is 2.64. The van der Waals surface area contributed by atoms with Crippen molar-refractivity contribution < 1.29 is 43.2 Å². The van der Waals surface area contributed by atoms with Crippen molar-refractivity contribution in [3.8, 4) is 5.75 Å². The number of aliphatic hydroxyl groups is 3. The van der Waals surface area contributed by atoms with E-state index in [2.05, 4.69) is 4.72 Å². The lowest BCUT2D eigenvalue weighted by Gasteiger charge is -2.59. The van der Waals surface area contributed by atoms with Crippen molar-refractivity contribution >= 4 is 44.6 Å².